The van der Waals surface area contributed by atoms with Crippen molar-refractivity contribution in [2.45, 2.75) is 89.2 Å². The van der Waals surface area contributed by atoms with Crippen LogP contribution in [-0.4, -0.2) is 57.9 Å². The second-order valence-corrected chi connectivity index (χ2v) is 13.5. The summed E-state index contributed by atoms with van der Waals surface area (Å²) in [5.41, 5.74) is 8.24. The topological polar surface area (TPSA) is 141 Å². The summed E-state index contributed by atoms with van der Waals surface area (Å²) in [5, 5.41) is 32.3. The van der Waals surface area contributed by atoms with Crippen LogP contribution in [-0.2, 0) is 32.2 Å². The van der Waals surface area contributed by atoms with Crippen molar-refractivity contribution in [1.29, 1.82) is 0 Å². The number of aliphatic hydroxyl groups excluding tert-OH is 2. The van der Waals surface area contributed by atoms with E-state index in [-0.39, 0.29) is 37.2 Å². The first-order valence-electron chi connectivity index (χ1n) is 18.1. The van der Waals surface area contributed by atoms with Crippen LogP contribution in [0.5, 0.6) is 0 Å². The van der Waals surface area contributed by atoms with Crippen LogP contribution in [0.15, 0.2) is 103 Å². The van der Waals surface area contributed by atoms with Gasteiger partial charge in [0.2, 0.25) is 11.8 Å². The number of unbranched alkanes of at least 4 members (excludes halogenated alkanes) is 2. The molecule has 0 aromatic heterocycles. The average molecular weight is 710 g/mol. The number of likely N-dealkylation sites (N-methyl/N-ethyl adjacent to an activating group) is 1. The molecule has 5 rings (SSSR count). The molecule has 0 radical (unpaired) electrons. The molecule has 1 aliphatic heterocycles. The van der Waals surface area contributed by atoms with Crippen LogP contribution in [0.2, 0.25) is 0 Å². The first-order valence-corrected chi connectivity index (χ1v) is 18.1. The third-order valence-corrected chi connectivity index (χ3v) is 9.82. The summed E-state index contributed by atoms with van der Waals surface area (Å²) in [4.78, 5) is 25.8. The van der Waals surface area contributed by atoms with Crippen LogP contribution >= 0.6 is 0 Å². The van der Waals surface area contributed by atoms with Gasteiger partial charge in [-0.25, -0.2) is 5.48 Å². The number of hydroxylamine groups is 1. The molecule has 0 spiro atoms. The summed E-state index contributed by atoms with van der Waals surface area (Å²) < 4.78 is 13.2. The summed E-state index contributed by atoms with van der Waals surface area (Å²) in [7, 11) is 2.01. The van der Waals surface area contributed by atoms with Crippen molar-refractivity contribution < 1.29 is 34.5 Å². The molecular weight excluding hydrogens is 658 g/mol. The largest absolute Gasteiger partial charge is 0.392 e. The van der Waals surface area contributed by atoms with Crippen LogP contribution in [0, 0.1) is 0 Å². The van der Waals surface area contributed by atoms with Gasteiger partial charge in [-0.05, 0) is 60.2 Å². The van der Waals surface area contributed by atoms with Crippen molar-refractivity contribution in [1.82, 2.24) is 15.7 Å². The molecule has 5 atom stereocenters. The number of nitrogens with one attached hydrogen (secondary N) is 2. The Labute approximate surface area is 306 Å². The van der Waals surface area contributed by atoms with Crippen LogP contribution in [0.4, 0.5) is 0 Å². The van der Waals surface area contributed by atoms with E-state index in [0.29, 0.717) is 38.8 Å². The molecule has 52 heavy (non-hydrogen) atoms. The lowest BCUT2D eigenvalue weighted by atomic mass is 9.97. The number of hydrogen-bond acceptors (Lipinski definition) is 8. The number of hydrogen-bond donors (Lipinski definition) is 5. The number of benzene rings is 4. The Morgan fingerprint density at radius 3 is 2.17 bits per heavy atom. The van der Waals surface area contributed by atoms with E-state index in [1.807, 2.05) is 117 Å². The number of rotatable bonds is 17. The minimum absolute atomic E-state index is 0.0243. The van der Waals surface area contributed by atoms with Crippen LogP contribution in [0.1, 0.15) is 91.8 Å². The molecule has 1 saturated heterocycles. The van der Waals surface area contributed by atoms with Gasteiger partial charge in [0.1, 0.15) is 0 Å². The van der Waals surface area contributed by atoms with Crippen LogP contribution in [0.25, 0.3) is 11.1 Å². The van der Waals surface area contributed by atoms with E-state index in [9.17, 15) is 19.8 Å². The molecule has 5 N–H and O–H groups in total. The number of aliphatic hydroxyl groups is 2. The molecule has 0 aliphatic carbocycles. The summed E-state index contributed by atoms with van der Waals surface area (Å²) in [6.45, 7) is 2.98. The van der Waals surface area contributed by atoms with E-state index in [2.05, 4.69) is 10.2 Å². The Bertz CT molecular complexity index is 1700. The molecular formula is C42H51N3O7. The number of carbonyl (C=O) groups is 2. The Kier molecular flexibility index (Phi) is 14.5. The molecule has 1 heterocycles. The minimum atomic E-state index is -0.647. The monoisotopic (exact) mass is 709 g/mol. The first kappa shape index (κ1) is 38.8. The van der Waals surface area contributed by atoms with E-state index in [4.69, 9.17) is 14.7 Å². The van der Waals surface area contributed by atoms with Gasteiger partial charge in [-0.2, -0.15) is 0 Å². The van der Waals surface area contributed by atoms with Gasteiger partial charge >= 0.3 is 0 Å². The lowest BCUT2D eigenvalue weighted by Crippen LogP contribution is -2.43. The molecule has 4 aromatic carbocycles. The van der Waals surface area contributed by atoms with E-state index in [1.54, 1.807) is 5.48 Å². The quantitative estimate of drug-likeness (QED) is 0.0475. The third-order valence-electron chi connectivity index (χ3n) is 9.82. The highest BCUT2D eigenvalue weighted by Crippen LogP contribution is 2.39. The minimum Gasteiger partial charge on any atom is -0.392 e. The van der Waals surface area contributed by atoms with E-state index < -0.39 is 18.3 Å². The standard InChI is InChI=1S/C42H51N3O7/c1-29(41(49)33-11-5-3-6-12-33)45(2)27-36-25-38(32-19-17-30(28-46)18-20-32)52-42(51-36)34-23-21-31(22-24-34)37-14-10-9-13-35(37)26-43-39(47)15-7-4-8-16-40(48)44-50/h3,5-6,9-14,17-24,29,36,38,41-42,46,49-50H,4,7-8,15-16,25-28H2,1-2H3,(H,43,47)(H,44,48)/t29-,36-,38+,41-,42+/m0/s1. The Morgan fingerprint density at radius 2 is 1.48 bits per heavy atom. The molecule has 1 fully saturated rings. The lowest BCUT2D eigenvalue weighted by molar-refractivity contribution is -0.253. The summed E-state index contributed by atoms with van der Waals surface area (Å²) in [6.07, 6.45) is 1.56. The normalized spacial score (nSPS) is 18.5. The van der Waals surface area contributed by atoms with Crippen LogP contribution < -0.4 is 10.8 Å². The van der Waals surface area contributed by atoms with Gasteiger partial charge in [0.05, 0.1) is 24.9 Å². The maximum absolute atomic E-state index is 12.5. The van der Waals surface area contributed by atoms with Gasteiger partial charge in [0.25, 0.3) is 0 Å². The molecule has 0 saturated carbocycles. The third kappa shape index (κ3) is 10.8. The average Bonchev–Trinajstić information content (AvgIpc) is 3.19. The van der Waals surface area contributed by atoms with E-state index >= 15 is 0 Å². The van der Waals surface area contributed by atoms with Crippen molar-refractivity contribution in [2.75, 3.05) is 13.6 Å². The Morgan fingerprint density at radius 1 is 0.827 bits per heavy atom. The number of nitrogens with zero attached hydrogens (tertiary/aromatic N) is 1. The molecule has 276 valence electrons. The van der Waals surface area contributed by atoms with Crippen molar-refractivity contribution in [2.24, 2.45) is 0 Å². The fraction of sp³-hybridized carbons (Fsp3) is 0.381. The van der Waals surface area contributed by atoms with Gasteiger partial charge in [-0.3, -0.25) is 19.7 Å². The Balaban J connectivity index is 1.25. The maximum Gasteiger partial charge on any atom is 0.243 e. The second-order valence-electron chi connectivity index (χ2n) is 13.5. The van der Waals surface area contributed by atoms with E-state index in [0.717, 1.165) is 45.4 Å². The van der Waals surface area contributed by atoms with Gasteiger partial charge in [0, 0.05) is 44.0 Å². The fourth-order valence-electron chi connectivity index (χ4n) is 6.55. The van der Waals surface area contributed by atoms with Gasteiger partial charge in [0.15, 0.2) is 6.29 Å². The molecule has 4 aromatic rings. The summed E-state index contributed by atoms with van der Waals surface area (Å²) in [5.74, 6) is -0.464. The van der Waals surface area contributed by atoms with Gasteiger partial charge in [-0.1, -0.05) is 110 Å². The van der Waals surface area contributed by atoms with Crippen molar-refractivity contribution in [3.05, 3.63) is 131 Å². The number of carbonyl (C=O) groups excluding carboxylic acids is 2. The zero-order valence-corrected chi connectivity index (χ0v) is 30.0. The predicted molar refractivity (Wildman–Crippen MR) is 199 cm³/mol. The highest BCUT2D eigenvalue weighted by Gasteiger charge is 2.34. The molecule has 10 nitrogen and oxygen atoms in total. The van der Waals surface area contributed by atoms with Crippen LogP contribution in [0.3, 0.4) is 0 Å². The number of amides is 2. The zero-order valence-electron chi connectivity index (χ0n) is 30.0. The smallest absolute Gasteiger partial charge is 0.243 e. The van der Waals surface area contributed by atoms with Crippen molar-refractivity contribution in [3.63, 3.8) is 0 Å². The van der Waals surface area contributed by atoms with E-state index in [1.165, 1.54) is 0 Å². The molecule has 1 aliphatic rings. The lowest BCUT2D eigenvalue weighted by Gasteiger charge is -2.39. The van der Waals surface area contributed by atoms with Gasteiger partial charge in [-0.15, -0.1) is 0 Å². The fourth-order valence-corrected chi connectivity index (χ4v) is 6.55. The molecule has 0 unspecified atom stereocenters. The van der Waals surface area contributed by atoms with Gasteiger partial charge < -0.3 is 25.0 Å². The predicted octanol–water partition coefficient (Wildman–Crippen LogP) is 6.52. The number of ether oxygens (including phenoxy) is 2. The molecule has 2 amide bonds. The second kappa shape index (κ2) is 19.4. The summed E-state index contributed by atoms with van der Waals surface area (Å²) in [6, 6.07) is 33.5. The Hall–Kier alpha value is -4.42. The SMILES string of the molecule is C[C@@H]([C@H](O)c1ccccc1)N(C)C[C@@H]1C[C@H](c2ccc(CO)cc2)O[C@H](c2ccc(-c3ccccc3CNC(=O)CCCCCC(=O)NO)cc2)O1. The molecule has 0 bridgehead atoms. The maximum atomic E-state index is 12.5. The summed E-state index contributed by atoms with van der Waals surface area (Å²) >= 11 is 0. The van der Waals surface area contributed by atoms with Crippen molar-refractivity contribution in [3.8, 4) is 11.1 Å². The zero-order chi connectivity index (χ0) is 36.9. The first-order chi connectivity index (χ1) is 25.2. The highest BCUT2D eigenvalue weighted by atomic mass is 16.7. The highest BCUT2D eigenvalue weighted by molar-refractivity contribution is 5.76. The van der Waals surface area contributed by atoms with Crippen molar-refractivity contribution >= 4 is 11.8 Å². The molecule has 10 heteroatoms.